The van der Waals surface area contributed by atoms with Gasteiger partial charge >= 0.3 is 0 Å². The third kappa shape index (κ3) is 3.99. The number of aliphatic hydroxyl groups is 5. The molecule has 92 valence electrons. The molecular weight excluding hydrogens is 208 g/mol. The highest BCUT2D eigenvalue weighted by Gasteiger charge is 2.36. The van der Waals surface area contributed by atoms with Crippen molar-refractivity contribution in [1.29, 1.82) is 0 Å². The highest BCUT2D eigenvalue weighted by atomic mass is 17.1. The summed E-state index contributed by atoms with van der Waals surface area (Å²) in [4.78, 5) is 3.77. The SMILES string of the molecule is CC(O)C(O)C(O)C(O)C(OO)C(C)O. The van der Waals surface area contributed by atoms with E-state index in [9.17, 15) is 15.3 Å². The highest BCUT2D eigenvalue weighted by Crippen LogP contribution is 2.12. The molecule has 7 nitrogen and oxygen atoms in total. The van der Waals surface area contributed by atoms with Crippen LogP contribution in [0.4, 0.5) is 0 Å². The first kappa shape index (κ1) is 14.7. The predicted molar refractivity (Wildman–Crippen MR) is 48.9 cm³/mol. The summed E-state index contributed by atoms with van der Waals surface area (Å²) in [5.74, 6) is 0. The van der Waals surface area contributed by atoms with Crippen molar-refractivity contribution in [1.82, 2.24) is 0 Å². The number of aliphatic hydroxyl groups excluding tert-OH is 5. The van der Waals surface area contributed by atoms with Gasteiger partial charge in [-0.25, -0.2) is 4.89 Å². The highest BCUT2D eigenvalue weighted by molar-refractivity contribution is 4.85. The molecule has 0 spiro atoms. The van der Waals surface area contributed by atoms with Gasteiger partial charge in [-0.05, 0) is 13.8 Å². The molecule has 0 saturated carbocycles. The quantitative estimate of drug-likeness (QED) is 0.221. The fourth-order valence-electron chi connectivity index (χ4n) is 1.12. The van der Waals surface area contributed by atoms with Crippen LogP contribution < -0.4 is 0 Å². The summed E-state index contributed by atoms with van der Waals surface area (Å²) in [7, 11) is 0. The van der Waals surface area contributed by atoms with E-state index in [-0.39, 0.29) is 0 Å². The van der Waals surface area contributed by atoms with Crippen LogP contribution in [0, 0.1) is 0 Å². The van der Waals surface area contributed by atoms with Gasteiger partial charge in [0.2, 0.25) is 0 Å². The van der Waals surface area contributed by atoms with Crippen molar-refractivity contribution in [2.24, 2.45) is 0 Å². The molecule has 0 amide bonds. The third-order valence-corrected chi connectivity index (χ3v) is 2.13. The van der Waals surface area contributed by atoms with Gasteiger partial charge in [-0.3, -0.25) is 5.26 Å². The van der Waals surface area contributed by atoms with Gasteiger partial charge < -0.3 is 25.5 Å². The number of hydrogen-bond donors (Lipinski definition) is 6. The lowest BCUT2D eigenvalue weighted by Crippen LogP contribution is -2.51. The molecule has 0 rings (SSSR count). The third-order valence-electron chi connectivity index (χ3n) is 2.13. The molecule has 0 aliphatic rings. The first-order valence-corrected chi connectivity index (χ1v) is 4.53. The molecule has 0 heterocycles. The fraction of sp³-hybridized carbons (Fsp3) is 1.00. The Morgan fingerprint density at radius 1 is 0.733 bits per heavy atom. The van der Waals surface area contributed by atoms with Crippen molar-refractivity contribution in [3.8, 4) is 0 Å². The predicted octanol–water partition coefficient (Wildman–Crippen LogP) is -2.31. The monoisotopic (exact) mass is 226 g/mol. The van der Waals surface area contributed by atoms with Crippen LogP contribution in [0.25, 0.3) is 0 Å². The van der Waals surface area contributed by atoms with E-state index >= 15 is 0 Å². The van der Waals surface area contributed by atoms with Gasteiger partial charge in [0.1, 0.15) is 24.4 Å². The zero-order valence-electron chi connectivity index (χ0n) is 8.56. The Kier molecular flexibility index (Phi) is 6.22. The van der Waals surface area contributed by atoms with Gasteiger partial charge in [-0.15, -0.1) is 0 Å². The molecule has 0 aromatic rings. The second-order valence-electron chi connectivity index (χ2n) is 3.52. The molecule has 0 radical (unpaired) electrons. The van der Waals surface area contributed by atoms with Crippen molar-refractivity contribution in [3.63, 3.8) is 0 Å². The summed E-state index contributed by atoms with van der Waals surface area (Å²) < 4.78 is 0. The Balaban J connectivity index is 4.46. The van der Waals surface area contributed by atoms with Crippen LogP contribution in [0.1, 0.15) is 13.8 Å². The molecule has 0 aromatic heterocycles. The number of hydrogen-bond acceptors (Lipinski definition) is 7. The van der Waals surface area contributed by atoms with Crippen LogP contribution in [-0.2, 0) is 4.89 Å². The first-order valence-electron chi connectivity index (χ1n) is 4.53. The largest absolute Gasteiger partial charge is 0.391 e. The zero-order chi connectivity index (χ0) is 12.2. The topological polar surface area (TPSA) is 131 Å². The van der Waals surface area contributed by atoms with Crippen LogP contribution in [0.15, 0.2) is 0 Å². The van der Waals surface area contributed by atoms with E-state index in [0.717, 1.165) is 0 Å². The fourth-order valence-corrected chi connectivity index (χ4v) is 1.12. The van der Waals surface area contributed by atoms with Gasteiger partial charge in [-0.2, -0.15) is 0 Å². The van der Waals surface area contributed by atoms with Gasteiger partial charge in [0.25, 0.3) is 0 Å². The molecule has 0 aliphatic carbocycles. The van der Waals surface area contributed by atoms with E-state index in [0.29, 0.717) is 0 Å². The molecule has 7 heteroatoms. The summed E-state index contributed by atoms with van der Waals surface area (Å²) >= 11 is 0. The van der Waals surface area contributed by atoms with Gasteiger partial charge in [-0.1, -0.05) is 0 Å². The van der Waals surface area contributed by atoms with Crippen molar-refractivity contribution < 1.29 is 35.7 Å². The molecule has 0 aliphatic heterocycles. The Labute approximate surface area is 87.1 Å². The van der Waals surface area contributed by atoms with E-state index in [2.05, 4.69) is 4.89 Å². The van der Waals surface area contributed by atoms with E-state index in [4.69, 9.17) is 15.5 Å². The molecule has 0 fully saturated rings. The Hall–Kier alpha value is -0.280. The van der Waals surface area contributed by atoms with Crippen LogP contribution in [0.5, 0.6) is 0 Å². The smallest absolute Gasteiger partial charge is 0.147 e. The van der Waals surface area contributed by atoms with Crippen LogP contribution >= 0.6 is 0 Å². The number of rotatable bonds is 6. The second-order valence-corrected chi connectivity index (χ2v) is 3.52. The molecule has 6 N–H and O–H groups in total. The lowest BCUT2D eigenvalue weighted by atomic mass is 9.97. The van der Waals surface area contributed by atoms with Gasteiger partial charge in [0.15, 0.2) is 0 Å². The second kappa shape index (κ2) is 6.33. The van der Waals surface area contributed by atoms with E-state index in [1.54, 1.807) is 0 Å². The summed E-state index contributed by atoms with van der Waals surface area (Å²) in [6.07, 6.45) is -9.04. The average molecular weight is 226 g/mol. The van der Waals surface area contributed by atoms with Gasteiger partial charge in [0, 0.05) is 0 Å². The summed E-state index contributed by atoms with van der Waals surface area (Å²) in [6, 6.07) is 0. The normalized spacial score (nSPS) is 24.0. The van der Waals surface area contributed by atoms with E-state index in [1.165, 1.54) is 13.8 Å². The lowest BCUT2D eigenvalue weighted by Gasteiger charge is -2.29. The maximum atomic E-state index is 9.40. The van der Waals surface area contributed by atoms with Crippen molar-refractivity contribution in [2.75, 3.05) is 0 Å². The molecular formula is C8H18O7. The maximum absolute atomic E-state index is 9.40. The van der Waals surface area contributed by atoms with E-state index in [1.807, 2.05) is 0 Å². The van der Waals surface area contributed by atoms with Crippen molar-refractivity contribution in [3.05, 3.63) is 0 Å². The molecule has 0 aromatic carbocycles. The van der Waals surface area contributed by atoms with Crippen molar-refractivity contribution in [2.45, 2.75) is 50.5 Å². The van der Waals surface area contributed by atoms with E-state index < -0.39 is 36.6 Å². The molecule has 15 heavy (non-hydrogen) atoms. The summed E-state index contributed by atoms with van der Waals surface area (Å²) in [5.41, 5.74) is 0. The lowest BCUT2D eigenvalue weighted by molar-refractivity contribution is -0.323. The zero-order valence-corrected chi connectivity index (χ0v) is 8.56. The maximum Gasteiger partial charge on any atom is 0.147 e. The Morgan fingerprint density at radius 3 is 1.47 bits per heavy atom. The Bertz CT molecular complexity index is 172. The minimum absolute atomic E-state index is 1.22. The van der Waals surface area contributed by atoms with Crippen LogP contribution in [0.2, 0.25) is 0 Å². The molecule has 0 bridgehead atoms. The summed E-state index contributed by atoms with van der Waals surface area (Å²) in [5, 5.41) is 54.3. The minimum Gasteiger partial charge on any atom is -0.391 e. The Morgan fingerprint density at radius 2 is 1.20 bits per heavy atom. The minimum atomic E-state index is -1.74. The first-order chi connectivity index (χ1) is 6.82. The van der Waals surface area contributed by atoms with Crippen LogP contribution in [-0.4, -0.2) is 67.4 Å². The molecule has 6 atom stereocenters. The summed E-state index contributed by atoms with van der Waals surface area (Å²) in [6.45, 7) is 2.45. The van der Waals surface area contributed by atoms with Gasteiger partial charge in [0.05, 0.1) is 12.2 Å². The average Bonchev–Trinajstić information content (AvgIpc) is 2.15. The van der Waals surface area contributed by atoms with Crippen LogP contribution in [0.3, 0.4) is 0 Å². The standard InChI is InChI=1S/C8H18O7/c1-3(9)5(11)6(12)7(13)8(15-14)4(2)10/h3-14H,1-2H3. The molecule has 6 unspecified atom stereocenters. The van der Waals surface area contributed by atoms with Crippen molar-refractivity contribution >= 4 is 0 Å². The molecule has 0 saturated heterocycles.